The number of aromatic nitrogens is 1. The van der Waals surface area contributed by atoms with Gasteiger partial charge >= 0.3 is 0 Å². The van der Waals surface area contributed by atoms with Crippen molar-refractivity contribution in [2.45, 2.75) is 32.1 Å². The summed E-state index contributed by atoms with van der Waals surface area (Å²) in [6, 6.07) is 3.61. The van der Waals surface area contributed by atoms with Gasteiger partial charge < -0.3 is 9.64 Å². The van der Waals surface area contributed by atoms with Crippen LogP contribution in [0.3, 0.4) is 0 Å². The number of likely N-dealkylation sites (N-methyl/N-ethyl adjacent to an activating group) is 1. The zero-order valence-electron chi connectivity index (χ0n) is 13.4. The first kappa shape index (κ1) is 15.7. The van der Waals surface area contributed by atoms with Gasteiger partial charge in [-0.05, 0) is 19.1 Å². The van der Waals surface area contributed by atoms with Gasteiger partial charge in [-0.15, -0.1) is 5.54 Å². The van der Waals surface area contributed by atoms with Crippen molar-refractivity contribution >= 4 is 14.0 Å². The molecule has 2 heterocycles. The van der Waals surface area contributed by atoms with Gasteiger partial charge in [0, 0.05) is 18.8 Å². The van der Waals surface area contributed by atoms with E-state index in [1.165, 1.54) is 0 Å². The molecule has 1 fully saturated rings. The van der Waals surface area contributed by atoms with Crippen molar-refractivity contribution in [3.05, 3.63) is 29.6 Å². The van der Waals surface area contributed by atoms with Crippen LogP contribution in [0.1, 0.15) is 23.0 Å². The van der Waals surface area contributed by atoms with E-state index in [1.807, 2.05) is 13.0 Å². The molecule has 1 aromatic rings. The molecule has 5 heteroatoms. The fraction of sp³-hybridized carbons (Fsp3) is 0.500. The van der Waals surface area contributed by atoms with Gasteiger partial charge in [-0.2, -0.15) is 0 Å². The third-order valence-electron chi connectivity index (χ3n) is 3.50. The van der Waals surface area contributed by atoms with Crippen LogP contribution < -0.4 is 0 Å². The molecule has 0 unspecified atom stereocenters. The lowest BCUT2D eigenvalue weighted by molar-refractivity contribution is -0.108. The smallest absolute Gasteiger partial charge is 0.272 e. The molecule has 2 rings (SSSR count). The molecule has 0 aromatic carbocycles. The minimum absolute atomic E-state index is 0.0782. The number of nitrogens with zero attached hydrogens (tertiary/aromatic N) is 2. The van der Waals surface area contributed by atoms with Crippen LogP contribution in [0.15, 0.2) is 18.3 Å². The van der Waals surface area contributed by atoms with Crippen LogP contribution in [0.25, 0.3) is 0 Å². The summed E-state index contributed by atoms with van der Waals surface area (Å²) in [5, 5.41) is 0. The first-order chi connectivity index (χ1) is 9.71. The van der Waals surface area contributed by atoms with Crippen molar-refractivity contribution in [3.63, 3.8) is 0 Å². The van der Waals surface area contributed by atoms with Gasteiger partial charge in [0.25, 0.3) is 5.91 Å². The lowest BCUT2D eigenvalue weighted by atomic mass is 9.98. The standard InChI is InChI=1S/C16H22N2O2Si/c1-16(11-20-12-16)18(2)15(19)14-7-6-13(10-17-14)8-9-21(3,4)5/h6-7,10H,11-12H2,1-5H3. The predicted molar refractivity (Wildman–Crippen MR) is 85.8 cm³/mol. The van der Waals surface area contributed by atoms with Crippen molar-refractivity contribution in [2.24, 2.45) is 0 Å². The molecule has 0 atom stereocenters. The van der Waals surface area contributed by atoms with E-state index in [0.29, 0.717) is 18.9 Å². The molecule has 0 radical (unpaired) electrons. The molecule has 1 aliphatic heterocycles. The lowest BCUT2D eigenvalue weighted by Gasteiger charge is -2.45. The van der Waals surface area contributed by atoms with Gasteiger partial charge in [0.1, 0.15) is 13.8 Å². The summed E-state index contributed by atoms with van der Waals surface area (Å²) in [6.45, 7) is 9.76. The second kappa shape index (κ2) is 5.62. The molecule has 1 aliphatic rings. The number of carbonyl (C=O) groups excluding carboxylic acids is 1. The number of rotatable bonds is 2. The number of carbonyl (C=O) groups is 1. The molecule has 1 saturated heterocycles. The second-order valence-corrected chi connectivity index (χ2v) is 11.5. The maximum atomic E-state index is 12.4. The summed E-state index contributed by atoms with van der Waals surface area (Å²) in [5.41, 5.74) is 4.38. The fourth-order valence-corrected chi connectivity index (χ4v) is 2.38. The third-order valence-corrected chi connectivity index (χ3v) is 4.38. The Kier molecular flexibility index (Phi) is 4.22. The van der Waals surface area contributed by atoms with Gasteiger partial charge in [-0.3, -0.25) is 4.79 Å². The van der Waals surface area contributed by atoms with Crippen molar-refractivity contribution in [1.82, 2.24) is 9.88 Å². The van der Waals surface area contributed by atoms with Gasteiger partial charge in [-0.1, -0.05) is 25.6 Å². The van der Waals surface area contributed by atoms with E-state index < -0.39 is 8.07 Å². The topological polar surface area (TPSA) is 42.4 Å². The number of ether oxygens (including phenoxy) is 1. The summed E-state index contributed by atoms with van der Waals surface area (Å²) < 4.78 is 5.20. The Morgan fingerprint density at radius 1 is 1.38 bits per heavy atom. The van der Waals surface area contributed by atoms with Gasteiger partial charge in [0.15, 0.2) is 0 Å². The molecule has 1 amide bonds. The summed E-state index contributed by atoms with van der Waals surface area (Å²) >= 11 is 0. The first-order valence-corrected chi connectivity index (χ1v) is 10.6. The molecule has 0 N–H and O–H groups in total. The Morgan fingerprint density at radius 2 is 2.05 bits per heavy atom. The molecule has 0 saturated carbocycles. The molecule has 0 bridgehead atoms. The van der Waals surface area contributed by atoms with Crippen LogP contribution in [0.4, 0.5) is 0 Å². The van der Waals surface area contributed by atoms with Crippen LogP contribution in [0.2, 0.25) is 19.6 Å². The fourth-order valence-electron chi connectivity index (χ4n) is 1.86. The van der Waals surface area contributed by atoms with Crippen molar-refractivity contribution in [2.75, 3.05) is 20.3 Å². The lowest BCUT2D eigenvalue weighted by Crippen LogP contribution is -2.60. The monoisotopic (exact) mass is 302 g/mol. The SMILES string of the molecule is CN(C(=O)c1ccc(C#C[Si](C)(C)C)cn1)C1(C)COC1. The highest BCUT2D eigenvalue weighted by atomic mass is 28.3. The van der Waals surface area contributed by atoms with E-state index in [-0.39, 0.29) is 11.4 Å². The Morgan fingerprint density at radius 3 is 2.48 bits per heavy atom. The molecule has 21 heavy (non-hydrogen) atoms. The van der Waals surface area contributed by atoms with E-state index in [4.69, 9.17) is 4.74 Å². The van der Waals surface area contributed by atoms with E-state index >= 15 is 0 Å². The Labute approximate surface area is 127 Å². The Hall–Kier alpha value is -1.64. The number of pyridine rings is 1. The predicted octanol–water partition coefficient (Wildman–Crippen LogP) is 2.17. The molecule has 112 valence electrons. The highest BCUT2D eigenvalue weighted by molar-refractivity contribution is 6.83. The maximum absolute atomic E-state index is 12.4. The zero-order valence-corrected chi connectivity index (χ0v) is 14.4. The van der Waals surface area contributed by atoms with Crippen molar-refractivity contribution < 1.29 is 9.53 Å². The third kappa shape index (κ3) is 3.72. The van der Waals surface area contributed by atoms with Crippen LogP contribution in [-0.4, -0.2) is 49.7 Å². The minimum atomic E-state index is -1.39. The summed E-state index contributed by atoms with van der Waals surface area (Å²) in [7, 11) is 0.404. The molecule has 0 aliphatic carbocycles. The minimum Gasteiger partial charge on any atom is -0.376 e. The average Bonchev–Trinajstić information content (AvgIpc) is 2.40. The summed E-state index contributed by atoms with van der Waals surface area (Å²) in [6.07, 6.45) is 1.67. The van der Waals surface area contributed by atoms with Gasteiger partial charge in [0.05, 0.1) is 18.8 Å². The van der Waals surface area contributed by atoms with E-state index in [9.17, 15) is 4.79 Å². The second-order valence-electron chi connectivity index (χ2n) is 6.79. The normalized spacial score (nSPS) is 16.4. The Balaban J connectivity index is 2.11. The molecule has 1 aromatic heterocycles. The summed E-state index contributed by atoms with van der Waals surface area (Å²) in [5.74, 6) is 3.06. The van der Waals surface area contributed by atoms with Crippen LogP contribution in [0, 0.1) is 11.5 Å². The van der Waals surface area contributed by atoms with Crippen molar-refractivity contribution in [1.29, 1.82) is 0 Å². The van der Waals surface area contributed by atoms with Crippen LogP contribution in [0.5, 0.6) is 0 Å². The molecular weight excluding hydrogens is 280 g/mol. The largest absolute Gasteiger partial charge is 0.376 e. The van der Waals surface area contributed by atoms with E-state index in [0.717, 1.165) is 5.56 Å². The quantitative estimate of drug-likeness (QED) is 0.621. The van der Waals surface area contributed by atoms with Gasteiger partial charge in [0.2, 0.25) is 0 Å². The number of amides is 1. The molecular formula is C16H22N2O2Si. The highest BCUT2D eigenvalue weighted by Crippen LogP contribution is 2.24. The van der Waals surface area contributed by atoms with E-state index in [2.05, 4.69) is 36.1 Å². The highest BCUT2D eigenvalue weighted by Gasteiger charge is 2.40. The van der Waals surface area contributed by atoms with E-state index in [1.54, 1.807) is 24.2 Å². The molecule has 4 nitrogen and oxygen atoms in total. The summed E-state index contributed by atoms with van der Waals surface area (Å²) in [4.78, 5) is 18.4. The first-order valence-electron chi connectivity index (χ1n) is 7.06. The Bertz CT molecular complexity index is 589. The number of hydrogen-bond donors (Lipinski definition) is 0. The van der Waals surface area contributed by atoms with Crippen LogP contribution in [-0.2, 0) is 4.74 Å². The van der Waals surface area contributed by atoms with Crippen LogP contribution >= 0.6 is 0 Å². The number of hydrogen-bond acceptors (Lipinski definition) is 3. The zero-order chi connectivity index (χ0) is 15.7. The van der Waals surface area contributed by atoms with Gasteiger partial charge in [-0.25, -0.2) is 4.98 Å². The maximum Gasteiger partial charge on any atom is 0.272 e. The average molecular weight is 302 g/mol. The molecule has 0 spiro atoms. The van der Waals surface area contributed by atoms with Crippen molar-refractivity contribution in [3.8, 4) is 11.5 Å².